The van der Waals surface area contributed by atoms with Crippen molar-refractivity contribution in [2.75, 3.05) is 0 Å². The van der Waals surface area contributed by atoms with E-state index >= 15 is 0 Å². The molecular weight excluding hydrogens is 124 g/mol. The van der Waals surface area contributed by atoms with E-state index in [2.05, 4.69) is 20.8 Å². The number of aliphatic hydroxyl groups excluding tert-OH is 1. The van der Waals surface area contributed by atoms with E-state index in [1.807, 2.05) is 6.92 Å². The van der Waals surface area contributed by atoms with Gasteiger partial charge in [0.15, 0.2) is 0 Å². The fourth-order valence-corrected chi connectivity index (χ4v) is 0.804. The minimum Gasteiger partial charge on any atom is -0.393 e. The zero-order valence-corrected chi connectivity index (χ0v) is 7.65. The molecule has 1 N–H and O–H groups in total. The smallest absolute Gasteiger partial charge is 0.0537 e. The van der Waals surface area contributed by atoms with Crippen LogP contribution in [0.4, 0.5) is 0 Å². The van der Waals surface area contributed by atoms with Crippen LogP contribution in [0.5, 0.6) is 0 Å². The van der Waals surface area contributed by atoms with E-state index < -0.39 is 0 Å². The molecule has 0 amide bonds. The first-order valence-corrected chi connectivity index (χ1v) is 4.14. The molecule has 1 nitrogen and oxygen atoms in total. The van der Waals surface area contributed by atoms with Crippen LogP contribution in [0.15, 0.2) is 0 Å². The van der Waals surface area contributed by atoms with Crippen LogP contribution in [0.3, 0.4) is 0 Å². The standard InChI is InChI=1S/C9H20O/c1-5-8(10)6-7-9(2,3)4/h8,10H,5-7H2,1-4H3/t8-/m0/s1. The highest BCUT2D eigenvalue weighted by molar-refractivity contribution is 4.64. The maximum Gasteiger partial charge on any atom is 0.0537 e. The average Bonchev–Trinajstić information content (AvgIpc) is 1.81. The van der Waals surface area contributed by atoms with Gasteiger partial charge >= 0.3 is 0 Å². The Morgan fingerprint density at radius 2 is 1.80 bits per heavy atom. The highest BCUT2D eigenvalue weighted by Crippen LogP contribution is 2.21. The molecule has 0 unspecified atom stereocenters. The van der Waals surface area contributed by atoms with Crippen LogP contribution >= 0.6 is 0 Å². The van der Waals surface area contributed by atoms with Crippen LogP contribution in [-0.4, -0.2) is 11.2 Å². The summed E-state index contributed by atoms with van der Waals surface area (Å²) in [6, 6.07) is 0. The third-order valence-electron chi connectivity index (χ3n) is 1.70. The van der Waals surface area contributed by atoms with Gasteiger partial charge in [-0.25, -0.2) is 0 Å². The Morgan fingerprint density at radius 1 is 1.30 bits per heavy atom. The SMILES string of the molecule is CC[C@H](O)CCC(C)(C)C. The van der Waals surface area contributed by atoms with Gasteiger partial charge in [0.1, 0.15) is 0 Å². The van der Waals surface area contributed by atoms with Crippen LogP contribution in [0.2, 0.25) is 0 Å². The van der Waals surface area contributed by atoms with Gasteiger partial charge in [0.05, 0.1) is 6.10 Å². The highest BCUT2D eigenvalue weighted by Gasteiger charge is 2.11. The van der Waals surface area contributed by atoms with Crippen molar-refractivity contribution in [1.29, 1.82) is 0 Å². The van der Waals surface area contributed by atoms with Crippen LogP contribution < -0.4 is 0 Å². The molecule has 62 valence electrons. The van der Waals surface area contributed by atoms with Crippen LogP contribution in [-0.2, 0) is 0 Å². The number of aliphatic hydroxyl groups is 1. The zero-order valence-electron chi connectivity index (χ0n) is 7.65. The third kappa shape index (κ3) is 6.09. The van der Waals surface area contributed by atoms with Gasteiger partial charge in [-0.1, -0.05) is 27.7 Å². The summed E-state index contributed by atoms with van der Waals surface area (Å²) in [4.78, 5) is 0. The molecule has 0 radical (unpaired) electrons. The summed E-state index contributed by atoms with van der Waals surface area (Å²) in [5.41, 5.74) is 0.371. The fraction of sp³-hybridized carbons (Fsp3) is 1.00. The monoisotopic (exact) mass is 144 g/mol. The summed E-state index contributed by atoms with van der Waals surface area (Å²) in [5, 5.41) is 9.22. The predicted molar refractivity (Wildman–Crippen MR) is 45.0 cm³/mol. The minimum absolute atomic E-state index is 0.0841. The Hall–Kier alpha value is -0.0400. The number of hydrogen-bond donors (Lipinski definition) is 1. The Kier molecular flexibility index (Phi) is 3.95. The van der Waals surface area contributed by atoms with Gasteiger partial charge in [0, 0.05) is 0 Å². The van der Waals surface area contributed by atoms with Crippen molar-refractivity contribution in [3.8, 4) is 0 Å². The second-order valence-corrected chi connectivity index (χ2v) is 4.16. The van der Waals surface area contributed by atoms with Crippen molar-refractivity contribution < 1.29 is 5.11 Å². The molecule has 0 aliphatic carbocycles. The minimum atomic E-state index is -0.0841. The molecule has 1 heteroatoms. The van der Waals surface area contributed by atoms with E-state index in [-0.39, 0.29) is 6.10 Å². The first-order chi connectivity index (χ1) is 4.45. The molecule has 0 bridgehead atoms. The molecular formula is C9H20O. The van der Waals surface area contributed by atoms with E-state index in [0.29, 0.717) is 5.41 Å². The zero-order chi connectivity index (χ0) is 8.20. The summed E-state index contributed by atoms with van der Waals surface area (Å²) >= 11 is 0. The molecule has 10 heavy (non-hydrogen) atoms. The lowest BCUT2D eigenvalue weighted by Crippen LogP contribution is -2.11. The first kappa shape index (κ1) is 9.96. The molecule has 0 aromatic carbocycles. The van der Waals surface area contributed by atoms with Gasteiger partial charge in [-0.15, -0.1) is 0 Å². The van der Waals surface area contributed by atoms with Gasteiger partial charge in [-0.2, -0.15) is 0 Å². The van der Waals surface area contributed by atoms with Gasteiger partial charge in [0.25, 0.3) is 0 Å². The summed E-state index contributed by atoms with van der Waals surface area (Å²) in [6.45, 7) is 8.63. The molecule has 0 aliphatic heterocycles. The van der Waals surface area contributed by atoms with Crippen LogP contribution in [0.25, 0.3) is 0 Å². The normalized spacial score (nSPS) is 15.3. The fourth-order valence-electron chi connectivity index (χ4n) is 0.804. The lowest BCUT2D eigenvalue weighted by Gasteiger charge is -2.19. The second-order valence-electron chi connectivity index (χ2n) is 4.16. The van der Waals surface area contributed by atoms with Gasteiger partial charge in [-0.05, 0) is 24.7 Å². The maximum atomic E-state index is 9.22. The number of rotatable bonds is 3. The second kappa shape index (κ2) is 3.97. The van der Waals surface area contributed by atoms with Crippen LogP contribution in [0, 0.1) is 5.41 Å². The summed E-state index contributed by atoms with van der Waals surface area (Å²) in [6.07, 6.45) is 2.86. The molecule has 0 aromatic rings. The molecule has 0 saturated carbocycles. The molecule has 0 spiro atoms. The first-order valence-electron chi connectivity index (χ1n) is 4.14. The highest BCUT2D eigenvalue weighted by atomic mass is 16.3. The molecule has 0 saturated heterocycles. The van der Waals surface area contributed by atoms with E-state index in [1.165, 1.54) is 0 Å². The van der Waals surface area contributed by atoms with E-state index in [0.717, 1.165) is 19.3 Å². The average molecular weight is 144 g/mol. The lowest BCUT2D eigenvalue weighted by atomic mass is 9.89. The van der Waals surface area contributed by atoms with E-state index in [4.69, 9.17) is 0 Å². The molecule has 1 atom stereocenters. The van der Waals surface area contributed by atoms with Gasteiger partial charge in [0.2, 0.25) is 0 Å². The molecule has 0 fully saturated rings. The van der Waals surface area contributed by atoms with Gasteiger partial charge < -0.3 is 5.11 Å². The van der Waals surface area contributed by atoms with Crippen molar-refractivity contribution in [2.45, 2.75) is 53.1 Å². The van der Waals surface area contributed by atoms with Crippen molar-refractivity contribution in [3.05, 3.63) is 0 Å². The van der Waals surface area contributed by atoms with Crippen molar-refractivity contribution >= 4 is 0 Å². The molecule has 0 heterocycles. The van der Waals surface area contributed by atoms with Gasteiger partial charge in [-0.3, -0.25) is 0 Å². The third-order valence-corrected chi connectivity index (χ3v) is 1.70. The predicted octanol–water partition coefficient (Wildman–Crippen LogP) is 2.58. The molecule has 0 rings (SSSR count). The molecule has 0 aliphatic rings. The van der Waals surface area contributed by atoms with Crippen molar-refractivity contribution in [2.24, 2.45) is 5.41 Å². The summed E-state index contributed by atoms with van der Waals surface area (Å²) in [7, 11) is 0. The van der Waals surface area contributed by atoms with Crippen LogP contribution in [0.1, 0.15) is 47.0 Å². The summed E-state index contributed by atoms with van der Waals surface area (Å²) in [5.74, 6) is 0. The topological polar surface area (TPSA) is 20.2 Å². The Morgan fingerprint density at radius 3 is 2.10 bits per heavy atom. The Labute approximate surface area is 64.5 Å². The largest absolute Gasteiger partial charge is 0.393 e. The summed E-state index contributed by atoms with van der Waals surface area (Å²) < 4.78 is 0. The number of hydrogen-bond acceptors (Lipinski definition) is 1. The van der Waals surface area contributed by atoms with E-state index in [9.17, 15) is 5.11 Å². The lowest BCUT2D eigenvalue weighted by molar-refractivity contribution is 0.142. The van der Waals surface area contributed by atoms with Crippen molar-refractivity contribution in [3.63, 3.8) is 0 Å². The maximum absolute atomic E-state index is 9.22. The Bertz CT molecular complexity index is 81.2. The van der Waals surface area contributed by atoms with E-state index in [1.54, 1.807) is 0 Å². The Balaban J connectivity index is 3.36. The quantitative estimate of drug-likeness (QED) is 0.645. The van der Waals surface area contributed by atoms with Crippen molar-refractivity contribution in [1.82, 2.24) is 0 Å². The molecule has 0 aromatic heterocycles.